The Kier molecular flexibility index (Phi) is 5.41. The minimum atomic E-state index is -1.04. The van der Waals surface area contributed by atoms with Crippen LogP contribution in [0.25, 0.3) is 0 Å². The van der Waals surface area contributed by atoms with Gasteiger partial charge in [-0.15, -0.1) is 0 Å². The number of ether oxygens (including phenoxy) is 1. The van der Waals surface area contributed by atoms with E-state index in [0.717, 1.165) is 29.5 Å². The Bertz CT molecular complexity index is 757. The summed E-state index contributed by atoms with van der Waals surface area (Å²) in [7, 11) is 0. The molecule has 2 amide bonds. The molecule has 0 spiro atoms. The first-order valence-electron chi connectivity index (χ1n) is 9.34. The van der Waals surface area contributed by atoms with Gasteiger partial charge in [0.05, 0.1) is 6.04 Å². The molecule has 1 saturated heterocycles. The number of nitrogens with zero attached hydrogens (tertiary/aromatic N) is 2. The van der Waals surface area contributed by atoms with Gasteiger partial charge in [0, 0.05) is 24.7 Å². The van der Waals surface area contributed by atoms with Gasteiger partial charge >= 0.3 is 6.09 Å². The number of halogens is 1. The second kappa shape index (κ2) is 7.32. The van der Waals surface area contributed by atoms with Gasteiger partial charge in [-0.3, -0.25) is 4.79 Å². The molecule has 0 radical (unpaired) electrons. The second-order valence-electron chi connectivity index (χ2n) is 8.33. The van der Waals surface area contributed by atoms with Crippen molar-refractivity contribution in [2.75, 3.05) is 6.54 Å². The zero-order chi connectivity index (χ0) is 19.9. The molecule has 1 N–H and O–H groups in total. The molecule has 3 rings (SSSR count). The van der Waals surface area contributed by atoms with Crippen molar-refractivity contribution in [3.05, 3.63) is 33.8 Å². The number of carbonyl (C=O) groups is 2. The second-order valence-corrected chi connectivity index (χ2v) is 8.77. The fourth-order valence-electron chi connectivity index (χ4n) is 3.85. The number of rotatable bonds is 2. The Morgan fingerprint density at radius 2 is 2.00 bits per heavy atom. The van der Waals surface area contributed by atoms with Gasteiger partial charge in [-0.1, -0.05) is 11.6 Å². The van der Waals surface area contributed by atoms with E-state index in [-0.39, 0.29) is 18.0 Å². The lowest BCUT2D eigenvalue weighted by Crippen LogP contribution is -2.36. The molecule has 1 fully saturated rings. The van der Waals surface area contributed by atoms with Crippen molar-refractivity contribution >= 4 is 23.6 Å². The lowest BCUT2D eigenvalue weighted by molar-refractivity contribution is -0.139. The van der Waals surface area contributed by atoms with Crippen LogP contribution in [-0.2, 0) is 22.6 Å². The first kappa shape index (κ1) is 20.0. The lowest BCUT2D eigenvalue weighted by Gasteiger charge is -2.30. The van der Waals surface area contributed by atoms with Crippen LogP contribution in [-0.4, -0.2) is 45.2 Å². The number of hydrogen-bond donors (Lipinski definition) is 1. The van der Waals surface area contributed by atoms with E-state index in [1.807, 2.05) is 32.9 Å². The van der Waals surface area contributed by atoms with E-state index >= 15 is 0 Å². The summed E-state index contributed by atoms with van der Waals surface area (Å²) in [5.41, 5.74) is 2.42. The van der Waals surface area contributed by atoms with Gasteiger partial charge in [-0.2, -0.15) is 0 Å². The number of aliphatic hydroxyl groups excluding tert-OH is 1. The highest BCUT2D eigenvalue weighted by molar-refractivity contribution is 6.30. The summed E-state index contributed by atoms with van der Waals surface area (Å²) in [6.07, 6.45) is 0.356. The van der Waals surface area contributed by atoms with Gasteiger partial charge in [0.1, 0.15) is 11.7 Å². The van der Waals surface area contributed by atoms with Crippen LogP contribution < -0.4 is 0 Å². The Balaban J connectivity index is 1.90. The van der Waals surface area contributed by atoms with Crippen LogP contribution in [0.5, 0.6) is 0 Å². The number of aliphatic hydroxyl groups is 1. The molecule has 2 aliphatic heterocycles. The quantitative estimate of drug-likeness (QED) is 0.831. The van der Waals surface area contributed by atoms with E-state index in [2.05, 4.69) is 0 Å². The van der Waals surface area contributed by atoms with Crippen molar-refractivity contribution in [1.82, 2.24) is 9.80 Å². The molecule has 1 aromatic rings. The number of fused-ring (bicyclic) bond motifs is 1. The maximum Gasteiger partial charge on any atom is 0.410 e. The van der Waals surface area contributed by atoms with Crippen LogP contribution in [0.15, 0.2) is 12.1 Å². The zero-order valence-corrected chi connectivity index (χ0v) is 17.0. The summed E-state index contributed by atoms with van der Waals surface area (Å²) in [5.74, 6) is -0.302. The number of amides is 2. The van der Waals surface area contributed by atoms with Crippen LogP contribution in [0, 0.1) is 0 Å². The van der Waals surface area contributed by atoms with Crippen LogP contribution in [0.1, 0.15) is 63.3 Å². The molecule has 1 unspecified atom stereocenters. The topological polar surface area (TPSA) is 70.1 Å². The third kappa shape index (κ3) is 4.22. The van der Waals surface area contributed by atoms with Crippen molar-refractivity contribution in [3.8, 4) is 0 Å². The molecule has 0 aromatic heterocycles. The van der Waals surface area contributed by atoms with E-state index < -0.39 is 11.7 Å². The highest BCUT2D eigenvalue weighted by Gasteiger charge is 2.37. The van der Waals surface area contributed by atoms with Crippen LogP contribution in [0.4, 0.5) is 4.79 Å². The first-order chi connectivity index (χ1) is 12.6. The Morgan fingerprint density at radius 3 is 2.63 bits per heavy atom. The standard InChI is InChI=1S/C20H27ClN2O4/c1-12(24)18(25)22-10-13-8-14(21)9-15(16(13)11-22)17-6-5-7-23(17)19(26)27-20(2,3)4/h8-9,12,17,24H,5-7,10-11H2,1-4H3/t12?,17-/m0/s1. The average Bonchev–Trinajstić information content (AvgIpc) is 3.18. The van der Waals surface area contributed by atoms with Crippen LogP contribution >= 0.6 is 11.6 Å². The van der Waals surface area contributed by atoms with Crippen molar-refractivity contribution in [3.63, 3.8) is 0 Å². The van der Waals surface area contributed by atoms with Gasteiger partial charge in [0.15, 0.2) is 0 Å². The highest BCUT2D eigenvalue weighted by atomic mass is 35.5. The molecule has 6 nitrogen and oxygen atoms in total. The Hall–Kier alpha value is -1.79. The third-order valence-electron chi connectivity index (χ3n) is 4.96. The minimum Gasteiger partial charge on any atom is -0.444 e. The van der Waals surface area contributed by atoms with Crippen LogP contribution in [0.3, 0.4) is 0 Å². The smallest absolute Gasteiger partial charge is 0.410 e. The molecule has 27 heavy (non-hydrogen) atoms. The monoisotopic (exact) mass is 394 g/mol. The number of hydrogen-bond acceptors (Lipinski definition) is 4. The normalized spacial score (nSPS) is 20.6. The van der Waals surface area contributed by atoms with E-state index in [9.17, 15) is 14.7 Å². The van der Waals surface area contributed by atoms with Gasteiger partial charge in [0.2, 0.25) is 0 Å². The SMILES string of the molecule is CC(O)C(=O)N1Cc2cc(Cl)cc([C@@H]3CCCN3C(=O)OC(C)(C)C)c2C1. The molecule has 0 aliphatic carbocycles. The Labute approximate surface area is 165 Å². The fraction of sp³-hybridized carbons (Fsp3) is 0.600. The summed E-state index contributed by atoms with van der Waals surface area (Å²) in [6.45, 7) is 8.51. The zero-order valence-electron chi connectivity index (χ0n) is 16.3. The fourth-order valence-corrected chi connectivity index (χ4v) is 4.10. The van der Waals surface area contributed by atoms with E-state index in [1.165, 1.54) is 6.92 Å². The van der Waals surface area contributed by atoms with Crippen molar-refractivity contribution in [1.29, 1.82) is 0 Å². The van der Waals surface area contributed by atoms with E-state index in [1.54, 1.807) is 9.80 Å². The molecule has 0 bridgehead atoms. The molecular weight excluding hydrogens is 368 g/mol. The van der Waals surface area contributed by atoms with Crippen molar-refractivity contribution < 1.29 is 19.4 Å². The van der Waals surface area contributed by atoms with Crippen LogP contribution in [0.2, 0.25) is 5.02 Å². The number of carbonyl (C=O) groups excluding carboxylic acids is 2. The highest BCUT2D eigenvalue weighted by Crippen LogP contribution is 2.40. The molecule has 2 aliphatic rings. The summed E-state index contributed by atoms with van der Waals surface area (Å²) < 4.78 is 5.57. The molecule has 0 saturated carbocycles. The summed E-state index contributed by atoms with van der Waals surface area (Å²) in [6, 6.07) is 3.64. The lowest BCUT2D eigenvalue weighted by atomic mass is 9.96. The predicted octanol–water partition coefficient (Wildman–Crippen LogP) is 3.64. The van der Waals surface area contributed by atoms with Crippen molar-refractivity contribution in [2.24, 2.45) is 0 Å². The molecule has 2 heterocycles. The third-order valence-corrected chi connectivity index (χ3v) is 5.18. The predicted molar refractivity (Wildman–Crippen MR) is 102 cm³/mol. The largest absolute Gasteiger partial charge is 0.444 e. The number of likely N-dealkylation sites (tertiary alicyclic amines) is 1. The molecule has 1 aromatic carbocycles. The maximum absolute atomic E-state index is 12.7. The van der Waals surface area contributed by atoms with E-state index in [0.29, 0.717) is 24.7 Å². The van der Waals surface area contributed by atoms with Gasteiger partial charge < -0.3 is 19.6 Å². The number of benzene rings is 1. The first-order valence-corrected chi connectivity index (χ1v) is 9.72. The van der Waals surface area contributed by atoms with Gasteiger partial charge in [-0.05, 0) is 69.4 Å². The van der Waals surface area contributed by atoms with Gasteiger partial charge in [0.25, 0.3) is 5.91 Å². The summed E-state index contributed by atoms with van der Waals surface area (Å²) >= 11 is 6.34. The van der Waals surface area contributed by atoms with E-state index in [4.69, 9.17) is 16.3 Å². The molecule has 148 valence electrons. The molecule has 7 heteroatoms. The molecular formula is C20H27ClN2O4. The Morgan fingerprint density at radius 1 is 1.30 bits per heavy atom. The maximum atomic E-state index is 12.7. The average molecular weight is 395 g/mol. The summed E-state index contributed by atoms with van der Waals surface area (Å²) in [5, 5.41) is 10.2. The minimum absolute atomic E-state index is 0.117. The molecule has 2 atom stereocenters. The van der Waals surface area contributed by atoms with Gasteiger partial charge in [-0.25, -0.2) is 4.79 Å². The summed E-state index contributed by atoms with van der Waals surface area (Å²) in [4.78, 5) is 28.3. The van der Waals surface area contributed by atoms with Crippen molar-refractivity contribution in [2.45, 2.75) is 71.4 Å².